The first-order valence-corrected chi connectivity index (χ1v) is 7.18. The van der Waals surface area contributed by atoms with E-state index in [1.54, 1.807) is 4.31 Å². The van der Waals surface area contributed by atoms with E-state index in [4.69, 9.17) is 9.29 Å². The SMILES string of the molecule is C1CSCN1.CCC(C(=O)O)N1CCOS1. The molecule has 2 saturated heterocycles. The van der Waals surface area contributed by atoms with E-state index in [0.29, 0.717) is 19.6 Å². The Morgan fingerprint density at radius 2 is 2.50 bits per heavy atom. The zero-order valence-electron chi connectivity index (χ0n) is 9.35. The minimum atomic E-state index is -0.773. The molecule has 2 heterocycles. The van der Waals surface area contributed by atoms with Crippen LogP contribution in [0.15, 0.2) is 0 Å². The molecular formula is C9H18N2O3S2. The summed E-state index contributed by atoms with van der Waals surface area (Å²) >= 11 is 3.12. The Balaban J connectivity index is 0.000000212. The normalized spacial score (nSPS) is 22.6. The van der Waals surface area contributed by atoms with Crippen molar-refractivity contribution < 1.29 is 14.1 Å². The molecule has 2 rings (SSSR count). The van der Waals surface area contributed by atoms with Gasteiger partial charge in [-0.25, -0.2) is 4.31 Å². The first-order valence-electron chi connectivity index (χ1n) is 5.33. The van der Waals surface area contributed by atoms with E-state index in [0.717, 1.165) is 12.2 Å². The van der Waals surface area contributed by atoms with Crippen LogP contribution in [-0.4, -0.2) is 52.7 Å². The molecule has 0 aromatic rings. The van der Waals surface area contributed by atoms with E-state index in [9.17, 15) is 4.79 Å². The third-order valence-corrected chi connectivity index (χ3v) is 3.99. The van der Waals surface area contributed by atoms with Crippen LogP contribution in [0.4, 0.5) is 0 Å². The zero-order valence-corrected chi connectivity index (χ0v) is 11.0. The number of carbonyl (C=O) groups is 1. The Hall–Kier alpha value is 0.0500. The number of aliphatic carboxylic acids is 1. The van der Waals surface area contributed by atoms with Crippen molar-refractivity contribution in [2.24, 2.45) is 0 Å². The molecule has 0 aromatic carbocycles. The fourth-order valence-electron chi connectivity index (χ4n) is 1.34. The molecule has 2 aliphatic rings. The van der Waals surface area contributed by atoms with E-state index < -0.39 is 12.0 Å². The Labute approximate surface area is 105 Å². The fraction of sp³-hybridized carbons (Fsp3) is 0.889. The molecular weight excluding hydrogens is 248 g/mol. The summed E-state index contributed by atoms with van der Waals surface area (Å²) in [7, 11) is 0. The summed E-state index contributed by atoms with van der Waals surface area (Å²) in [5.41, 5.74) is 0. The predicted molar refractivity (Wildman–Crippen MR) is 67.3 cm³/mol. The molecule has 2 aliphatic heterocycles. The smallest absolute Gasteiger partial charge is 0.321 e. The van der Waals surface area contributed by atoms with Crippen LogP contribution in [0.3, 0.4) is 0 Å². The lowest BCUT2D eigenvalue weighted by Gasteiger charge is -2.17. The lowest BCUT2D eigenvalue weighted by atomic mass is 10.2. The van der Waals surface area contributed by atoms with Crippen LogP contribution in [0.25, 0.3) is 0 Å². The van der Waals surface area contributed by atoms with Gasteiger partial charge in [0.15, 0.2) is 0 Å². The summed E-state index contributed by atoms with van der Waals surface area (Å²) in [6, 6.07) is -0.400. The van der Waals surface area contributed by atoms with Crippen molar-refractivity contribution in [1.29, 1.82) is 0 Å². The van der Waals surface area contributed by atoms with E-state index in [2.05, 4.69) is 5.32 Å². The molecule has 1 atom stereocenters. The molecule has 7 heteroatoms. The van der Waals surface area contributed by atoms with Crippen molar-refractivity contribution in [3.05, 3.63) is 0 Å². The van der Waals surface area contributed by atoms with E-state index in [-0.39, 0.29) is 0 Å². The van der Waals surface area contributed by atoms with Gasteiger partial charge in [0.05, 0.1) is 18.8 Å². The number of rotatable bonds is 3. The lowest BCUT2D eigenvalue weighted by molar-refractivity contribution is -0.141. The number of carboxylic acids is 1. The Bertz CT molecular complexity index is 201. The largest absolute Gasteiger partial charge is 0.480 e. The predicted octanol–water partition coefficient (Wildman–Crippen LogP) is 1.03. The van der Waals surface area contributed by atoms with Gasteiger partial charge < -0.3 is 10.4 Å². The Kier molecular flexibility index (Phi) is 7.22. The second-order valence-corrected chi connectivity index (χ2v) is 5.31. The maximum absolute atomic E-state index is 10.6. The highest BCUT2D eigenvalue weighted by molar-refractivity contribution is 7.99. The maximum atomic E-state index is 10.6. The van der Waals surface area contributed by atoms with E-state index in [1.165, 1.54) is 18.2 Å². The summed E-state index contributed by atoms with van der Waals surface area (Å²) < 4.78 is 6.72. The van der Waals surface area contributed by atoms with Crippen LogP contribution in [0.2, 0.25) is 0 Å². The highest BCUT2D eigenvalue weighted by atomic mass is 32.2. The van der Waals surface area contributed by atoms with Crippen LogP contribution in [-0.2, 0) is 8.98 Å². The van der Waals surface area contributed by atoms with Crippen molar-refractivity contribution in [2.45, 2.75) is 19.4 Å². The van der Waals surface area contributed by atoms with E-state index >= 15 is 0 Å². The van der Waals surface area contributed by atoms with Crippen molar-refractivity contribution in [3.63, 3.8) is 0 Å². The lowest BCUT2D eigenvalue weighted by Crippen LogP contribution is -2.34. The summed E-state index contributed by atoms with van der Waals surface area (Å²) in [5.74, 6) is 1.70. The van der Waals surface area contributed by atoms with Gasteiger partial charge in [0, 0.05) is 24.7 Å². The van der Waals surface area contributed by atoms with Gasteiger partial charge in [0.2, 0.25) is 0 Å². The van der Waals surface area contributed by atoms with Crippen molar-refractivity contribution in [2.75, 3.05) is 31.3 Å². The van der Waals surface area contributed by atoms with E-state index in [1.807, 2.05) is 18.7 Å². The number of thioether (sulfide) groups is 1. The molecule has 0 bridgehead atoms. The van der Waals surface area contributed by atoms with Crippen LogP contribution < -0.4 is 5.32 Å². The Morgan fingerprint density at radius 1 is 1.69 bits per heavy atom. The maximum Gasteiger partial charge on any atom is 0.321 e. The van der Waals surface area contributed by atoms with Crippen molar-refractivity contribution in [3.8, 4) is 0 Å². The van der Waals surface area contributed by atoms with Gasteiger partial charge in [-0.2, -0.15) is 0 Å². The summed E-state index contributed by atoms with van der Waals surface area (Å²) in [6.07, 6.45) is 0.617. The second-order valence-electron chi connectivity index (χ2n) is 3.35. The Morgan fingerprint density at radius 3 is 2.81 bits per heavy atom. The van der Waals surface area contributed by atoms with Crippen molar-refractivity contribution in [1.82, 2.24) is 9.62 Å². The van der Waals surface area contributed by atoms with Gasteiger partial charge >= 0.3 is 5.97 Å². The number of nitrogens with one attached hydrogen (secondary N) is 1. The van der Waals surface area contributed by atoms with Gasteiger partial charge in [-0.05, 0) is 6.42 Å². The standard InChI is InChI=1S/C6H11NO3S.C3H7NS/c1-2-5(6(8)9)7-3-4-10-11-7;1-2-5-3-4-1/h5H,2-4H2,1H3,(H,8,9);4H,1-3H2. The first kappa shape index (κ1) is 14.1. The molecule has 0 amide bonds. The third-order valence-electron chi connectivity index (χ3n) is 2.19. The zero-order chi connectivity index (χ0) is 11.8. The quantitative estimate of drug-likeness (QED) is 0.584. The molecule has 1 unspecified atom stereocenters. The average Bonchev–Trinajstić information content (AvgIpc) is 2.94. The molecule has 5 nitrogen and oxygen atoms in total. The number of nitrogens with zero attached hydrogens (tertiary/aromatic N) is 1. The van der Waals surface area contributed by atoms with Gasteiger partial charge in [-0.1, -0.05) is 6.92 Å². The van der Waals surface area contributed by atoms with Gasteiger partial charge in [0.25, 0.3) is 0 Å². The monoisotopic (exact) mass is 266 g/mol. The average molecular weight is 266 g/mol. The fourth-order valence-corrected chi connectivity index (χ4v) is 2.84. The number of carboxylic acid groups (broad SMARTS) is 1. The van der Waals surface area contributed by atoms with Gasteiger partial charge in [-0.15, -0.1) is 11.8 Å². The second kappa shape index (κ2) is 8.19. The molecule has 94 valence electrons. The molecule has 16 heavy (non-hydrogen) atoms. The topological polar surface area (TPSA) is 61.8 Å². The van der Waals surface area contributed by atoms with Crippen LogP contribution in [0, 0.1) is 0 Å². The molecule has 0 spiro atoms. The number of hydrogen-bond acceptors (Lipinski definition) is 6. The minimum absolute atomic E-state index is 0.400. The highest BCUT2D eigenvalue weighted by Gasteiger charge is 2.27. The van der Waals surface area contributed by atoms with Crippen molar-refractivity contribution >= 4 is 30.0 Å². The van der Waals surface area contributed by atoms with Crippen LogP contribution in [0.1, 0.15) is 13.3 Å². The molecule has 0 aromatic heterocycles. The third kappa shape index (κ3) is 4.92. The van der Waals surface area contributed by atoms with Gasteiger partial charge in [0.1, 0.15) is 6.04 Å². The number of hydrogen-bond donors (Lipinski definition) is 2. The summed E-state index contributed by atoms with van der Waals surface area (Å²) in [5, 5.41) is 11.9. The summed E-state index contributed by atoms with van der Waals surface area (Å²) in [4.78, 5) is 10.6. The minimum Gasteiger partial charge on any atom is -0.480 e. The van der Waals surface area contributed by atoms with Crippen LogP contribution >= 0.6 is 24.0 Å². The van der Waals surface area contributed by atoms with Gasteiger partial charge in [-0.3, -0.25) is 8.98 Å². The summed E-state index contributed by atoms with van der Waals surface area (Å²) in [6.45, 7) is 4.40. The first-order chi connectivity index (χ1) is 7.75. The molecule has 0 radical (unpaired) electrons. The molecule has 0 saturated carbocycles. The molecule has 0 aliphatic carbocycles. The van der Waals surface area contributed by atoms with Crippen LogP contribution in [0.5, 0.6) is 0 Å². The molecule has 2 fully saturated rings. The molecule has 2 N–H and O–H groups in total. The highest BCUT2D eigenvalue weighted by Crippen LogP contribution is 2.22.